The molecule has 2 aromatic carbocycles. The highest BCUT2D eigenvalue weighted by Crippen LogP contribution is 2.36. The average molecular weight is 624 g/mol. The lowest BCUT2D eigenvalue weighted by Crippen LogP contribution is -2.53. The van der Waals surface area contributed by atoms with E-state index in [1.165, 1.54) is 24.4 Å². The van der Waals surface area contributed by atoms with E-state index >= 15 is 0 Å². The zero-order valence-corrected chi connectivity index (χ0v) is 24.8. The molecule has 3 aromatic rings. The first-order valence-electron chi connectivity index (χ1n) is 13.6. The lowest BCUT2D eigenvalue weighted by atomic mass is 10.0. The molecule has 43 heavy (non-hydrogen) atoms. The third-order valence-electron chi connectivity index (χ3n) is 7.18. The quantitative estimate of drug-likeness (QED) is 0.170. The van der Waals surface area contributed by atoms with Gasteiger partial charge in [-0.15, -0.1) is 5.53 Å². The Morgan fingerprint density at radius 3 is 2.79 bits per heavy atom. The number of nitriles is 1. The number of nitrogens with zero attached hydrogens (tertiary/aromatic N) is 3. The van der Waals surface area contributed by atoms with Crippen molar-refractivity contribution < 1.29 is 8.78 Å². The number of pyridine rings is 1. The Balaban J connectivity index is 1.53. The van der Waals surface area contributed by atoms with Crippen molar-refractivity contribution in [3.05, 3.63) is 106 Å². The third-order valence-corrected chi connectivity index (χ3v) is 7.76. The number of halogens is 4. The molecule has 1 fully saturated rings. The number of allylic oxidation sites excluding steroid dienone is 3. The van der Waals surface area contributed by atoms with Crippen LogP contribution in [0.15, 0.2) is 84.9 Å². The van der Waals surface area contributed by atoms with Gasteiger partial charge in [0.15, 0.2) is 0 Å². The van der Waals surface area contributed by atoms with Crippen LogP contribution in [0.2, 0.25) is 10.0 Å². The average Bonchev–Trinajstić information content (AvgIpc) is 3.48. The predicted octanol–water partition coefficient (Wildman–Crippen LogP) is 6.63. The van der Waals surface area contributed by atoms with E-state index < -0.39 is 18.0 Å². The van der Waals surface area contributed by atoms with Gasteiger partial charge in [0.2, 0.25) is 0 Å². The fourth-order valence-electron chi connectivity index (χ4n) is 4.99. The highest BCUT2D eigenvalue weighted by Gasteiger charge is 2.33. The second kappa shape index (κ2) is 13.4. The smallest absolute Gasteiger partial charge is 0.141 e. The number of piperidine rings is 1. The maximum Gasteiger partial charge on any atom is 0.141 e. The van der Waals surface area contributed by atoms with Crippen molar-refractivity contribution in [2.24, 2.45) is 0 Å². The number of nitrogens with one attached hydrogen (secondary N) is 5. The molecule has 3 atom stereocenters. The number of hydrogen-bond donors (Lipinski definition) is 5. The summed E-state index contributed by atoms with van der Waals surface area (Å²) in [4.78, 5) is 4.41. The summed E-state index contributed by atoms with van der Waals surface area (Å²) < 4.78 is 28.5. The topological polar surface area (TPSA) is 100 Å². The molecule has 12 heteroatoms. The Morgan fingerprint density at radius 2 is 2.05 bits per heavy atom. The van der Waals surface area contributed by atoms with Gasteiger partial charge in [-0.25, -0.2) is 8.78 Å². The lowest BCUT2D eigenvalue weighted by molar-refractivity contribution is 0.0854. The molecule has 0 spiro atoms. The molecular weight excluding hydrogens is 593 g/mol. The van der Waals surface area contributed by atoms with Crippen LogP contribution in [0.3, 0.4) is 0 Å². The summed E-state index contributed by atoms with van der Waals surface area (Å²) in [5.74, 6) is -0.554. The number of benzene rings is 2. The summed E-state index contributed by atoms with van der Waals surface area (Å²) in [6.45, 7) is 7.22. The Labute approximate surface area is 258 Å². The van der Waals surface area contributed by atoms with E-state index in [2.05, 4.69) is 44.5 Å². The summed E-state index contributed by atoms with van der Waals surface area (Å²) in [6.07, 6.45) is 10.5. The molecule has 1 saturated heterocycles. The second-order valence-corrected chi connectivity index (χ2v) is 10.9. The minimum absolute atomic E-state index is 0.0573. The number of aromatic nitrogens is 1. The van der Waals surface area contributed by atoms with Crippen LogP contribution in [0, 0.1) is 17.1 Å². The first-order valence-corrected chi connectivity index (χ1v) is 14.4. The molecule has 0 aliphatic carbocycles. The monoisotopic (exact) mass is 622 g/mol. The molecule has 5 rings (SSSR count). The zero-order chi connectivity index (χ0) is 30.5. The van der Waals surface area contributed by atoms with Crippen LogP contribution in [0.5, 0.6) is 0 Å². The Hall–Kier alpha value is -4.14. The van der Waals surface area contributed by atoms with E-state index in [4.69, 9.17) is 23.2 Å². The summed E-state index contributed by atoms with van der Waals surface area (Å²) in [6, 6.07) is 9.12. The van der Waals surface area contributed by atoms with Gasteiger partial charge in [0, 0.05) is 35.7 Å². The molecule has 1 aromatic heterocycles. The Bertz CT molecular complexity index is 1670. The molecule has 0 radical (unpaired) electrons. The number of hydrazine groups is 2. The minimum atomic E-state index is -1.04. The van der Waals surface area contributed by atoms with Crippen LogP contribution in [0.25, 0.3) is 10.9 Å². The molecular formula is C31H30Cl2F2N8. The highest BCUT2D eigenvalue weighted by molar-refractivity contribution is 6.36. The van der Waals surface area contributed by atoms with Crippen LogP contribution in [0.4, 0.5) is 25.8 Å². The third kappa shape index (κ3) is 6.76. The maximum absolute atomic E-state index is 14.7. The van der Waals surface area contributed by atoms with Crippen LogP contribution in [0.1, 0.15) is 18.9 Å². The predicted molar refractivity (Wildman–Crippen MR) is 169 cm³/mol. The molecule has 3 heterocycles. The molecule has 0 saturated carbocycles. The van der Waals surface area contributed by atoms with Crippen LogP contribution in [-0.2, 0) is 0 Å². The molecule has 2 aliphatic rings. The zero-order valence-electron chi connectivity index (χ0n) is 23.3. The van der Waals surface area contributed by atoms with Gasteiger partial charge in [-0.2, -0.15) is 5.26 Å². The van der Waals surface area contributed by atoms with Crippen LogP contribution < -0.4 is 26.9 Å². The standard InChI is InChI=1S/C31H30Cl2F2N8/c1-3-4-5-6-18(2)29(27-17-43(42-41-27)28-9-10-37-16-26(28)35)40-21-11-22-30(39-20-7-8-25(34)23(32)12-20)19(14-36)15-38-31(22)24(33)13-21/h3-8,11-13,15,17,26,28-29,37,40-42H,2,9-10,16H2,1H3,(H,38,39)/b4-3-,6-5-/t26-,28?,29+/m1/s1. The molecule has 8 nitrogen and oxygen atoms in total. The fourth-order valence-corrected chi connectivity index (χ4v) is 5.44. The van der Waals surface area contributed by atoms with Gasteiger partial charge in [0.05, 0.1) is 44.6 Å². The van der Waals surface area contributed by atoms with Gasteiger partial charge < -0.3 is 21.4 Å². The van der Waals surface area contributed by atoms with E-state index in [0.29, 0.717) is 46.0 Å². The molecule has 5 N–H and O–H groups in total. The fraction of sp³-hybridized carbons (Fsp3) is 0.226. The van der Waals surface area contributed by atoms with Gasteiger partial charge in [0.25, 0.3) is 0 Å². The summed E-state index contributed by atoms with van der Waals surface area (Å²) in [5, 5.41) is 22.2. The lowest BCUT2D eigenvalue weighted by Gasteiger charge is -2.33. The number of anilines is 3. The number of alkyl halides is 1. The molecule has 0 amide bonds. The highest BCUT2D eigenvalue weighted by atomic mass is 35.5. The van der Waals surface area contributed by atoms with Gasteiger partial charge in [-0.3, -0.25) is 9.99 Å². The van der Waals surface area contributed by atoms with Crippen molar-refractivity contribution in [3.8, 4) is 6.07 Å². The largest absolute Gasteiger partial charge is 0.373 e. The minimum Gasteiger partial charge on any atom is -0.373 e. The normalized spacial score (nSPS) is 19.3. The molecule has 1 unspecified atom stereocenters. The van der Waals surface area contributed by atoms with Gasteiger partial charge in [0.1, 0.15) is 18.1 Å². The van der Waals surface area contributed by atoms with Gasteiger partial charge in [-0.05, 0) is 55.8 Å². The summed E-state index contributed by atoms with van der Waals surface area (Å²) in [7, 11) is 0. The summed E-state index contributed by atoms with van der Waals surface area (Å²) in [5.41, 5.74) is 9.97. The van der Waals surface area contributed by atoms with E-state index in [9.17, 15) is 14.0 Å². The van der Waals surface area contributed by atoms with Crippen molar-refractivity contribution in [2.45, 2.75) is 31.6 Å². The number of rotatable bonds is 9. The van der Waals surface area contributed by atoms with Crippen molar-refractivity contribution in [3.63, 3.8) is 0 Å². The van der Waals surface area contributed by atoms with E-state index in [1.807, 2.05) is 43.5 Å². The van der Waals surface area contributed by atoms with E-state index in [0.717, 1.165) is 17.8 Å². The van der Waals surface area contributed by atoms with Gasteiger partial charge in [-0.1, -0.05) is 54.1 Å². The number of fused-ring (bicyclic) bond motifs is 1. The van der Waals surface area contributed by atoms with Crippen molar-refractivity contribution in [1.29, 1.82) is 5.26 Å². The summed E-state index contributed by atoms with van der Waals surface area (Å²) >= 11 is 12.7. The molecule has 222 valence electrons. The SMILES string of the molecule is C=C(/C=C\C=C/C)[C@H](Nc1cc(Cl)c2ncc(C#N)c(Nc3ccc(F)c(Cl)c3)c2c1)C1=CN(C2CCNC[C@H]2F)NN1. The molecule has 2 aliphatic heterocycles. The van der Waals surface area contributed by atoms with E-state index in [1.54, 1.807) is 11.1 Å². The van der Waals surface area contributed by atoms with Crippen molar-refractivity contribution in [2.75, 3.05) is 23.7 Å². The maximum atomic E-state index is 14.7. The number of hydrogen-bond acceptors (Lipinski definition) is 8. The van der Waals surface area contributed by atoms with Crippen molar-refractivity contribution >= 4 is 51.2 Å². The van der Waals surface area contributed by atoms with Crippen LogP contribution >= 0.6 is 23.2 Å². The van der Waals surface area contributed by atoms with E-state index in [-0.39, 0.29) is 16.6 Å². The molecule has 0 bridgehead atoms. The van der Waals surface area contributed by atoms with Gasteiger partial charge >= 0.3 is 0 Å². The first kappa shape index (κ1) is 30.3. The van der Waals surface area contributed by atoms with Crippen molar-refractivity contribution in [1.82, 2.24) is 26.3 Å². The Morgan fingerprint density at radius 1 is 1.23 bits per heavy atom. The second-order valence-electron chi connectivity index (χ2n) is 10.1. The van der Waals surface area contributed by atoms with Crippen LogP contribution in [-0.4, -0.2) is 41.3 Å². The first-order chi connectivity index (χ1) is 20.8. The Kier molecular flexibility index (Phi) is 9.48.